The van der Waals surface area contributed by atoms with Crippen LogP contribution in [0.25, 0.3) is 0 Å². The fourth-order valence-corrected chi connectivity index (χ4v) is 0. The van der Waals surface area contributed by atoms with Gasteiger partial charge in [-0.3, -0.25) is 0 Å². The van der Waals surface area contributed by atoms with Crippen molar-refractivity contribution in [2.75, 3.05) is 0 Å². The molecule has 74 valence electrons. The van der Waals surface area contributed by atoms with E-state index < -0.39 is 15.6 Å². The summed E-state index contributed by atoms with van der Waals surface area (Å²) in [5.74, 6) is 0. The molecule has 0 fully saturated rings. The van der Waals surface area contributed by atoms with Crippen LogP contribution in [-0.2, 0) is 26.2 Å². The second-order valence-corrected chi connectivity index (χ2v) is 2.68. The van der Waals surface area contributed by atoms with Crippen molar-refractivity contribution >= 4 is 15.6 Å². The van der Waals surface area contributed by atoms with Gasteiger partial charge in [0.2, 0.25) is 0 Å². The van der Waals surface area contributed by atoms with Gasteiger partial charge in [-0.25, -0.2) is 0 Å². The van der Waals surface area contributed by atoms with Gasteiger partial charge in [0.05, 0.1) is 0 Å². The first-order valence-corrected chi connectivity index (χ1v) is 4.38. The summed E-state index contributed by atoms with van der Waals surface area (Å²) in [6.45, 7) is 0. The third kappa shape index (κ3) is 2060. The standard InChI is InChI=1S/Mn.H3N.2H3O4P/c;;2*1-5(2,3)4/h;1H3;2*(H3,1,2,3,4)/q+5;;;/p-5. The molecule has 12 heteroatoms. The minimum atomic E-state index is -5.39. The van der Waals surface area contributed by atoms with Crippen molar-refractivity contribution in [1.82, 2.24) is 6.15 Å². The largest absolute Gasteiger partial charge is 5.00 e. The molecule has 9 nitrogen and oxygen atoms in total. The molecule has 0 spiro atoms. The van der Waals surface area contributed by atoms with E-state index in [0.29, 0.717) is 0 Å². The second kappa shape index (κ2) is 8.30. The number of quaternary nitrogens is 1. The molecule has 0 radical (unpaired) electrons. The maximum atomic E-state index is 8.55. The minimum Gasteiger partial charge on any atom is -0.822 e. The van der Waals surface area contributed by atoms with E-state index in [4.69, 9.17) is 38.5 Å². The topological polar surface area (TPSA) is 209 Å². The SMILES string of the molecule is O=P([O-])([O-])[O-].O=P([O-])([O-])[O-].[Mn+5].[NH4+]. The maximum absolute atomic E-state index is 8.55. The Morgan fingerprint density at radius 3 is 0.667 bits per heavy atom. The molecule has 0 aromatic heterocycles. The van der Waals surface area contributed by atoms with Gasteiger partial charge in [-0.05, 0) is 0 Å². The molecular weight excluding hydrogens is 259 g/mol. The third-order valence-corrected chi connectivity index (χ3v) is 0. The van der Waals surface area contributed by atoms with E-state index in [0.717, 1.165) is 0 Å². The first-order chi connectivity index (χ1) is 4.00. The second-order valence-electron chi connectivity index (χ2n) is 0.894. The van der Waals surface area contributed by atoms with Crippen LogP contribution in [0.1, 0.15) is 0 Å². The Labute approximate surface area is 78.0 Å². The van der Waals surface area contributed by atoms with Gasteiger partial charge in [0.25, 0.3) is 0 Å². The van der Waals surface area contributed by atoms with Gasteiger partial charge in [0.1, 0.15) is 0 Å². The van der Waals surface area contributed by atoms with Crippen molar-refractivity contribution in [2.24, 2.45) is 0 Å². The molecule has 0 heterocycles. The van der Waals surface area contributed by atoms with Crippen LogP contribution >= 0.6 is 15.6 Å². The Hall–Kier alpha value is 0.699. The molecule has 0 saturated carbocycles. The number of hydrogen-bond acceptors (Lipinski definition) is 8. The molecular formula is H4MnNO8P2. The van der Waals surface area contributed by atoms with Crippen LogP contribution in [0.4, 0.5) is 0 Å². The fourth-order valence-electron chi connectivity index (χ4n) is 0. The summed E-state index contributed by atoms with van der Waals surface area (Å²) in [4.78, 5) is 51.3. The van der Waals surface area contributed by atoms with Crippen molar-refractivity contribution in [2.45, 2.75) is 0 Å². The van der Waals surface area contributed by atoms with Crippen molar-refractivity contribution in [3.63, 3.8) is 0 Å². The Morgan fingerprint density at radius 2 is 0.667 bits per heavy atom. The first kappa shape index (κ1) is 23.0. The summed E-state index contributed by atoms with van der Waals surface area (Å²) < 4.78 is 17.1. The average molecular weight is 263 g/mol. The monoisotopic (exact) mass is 263 g/mol. The van der Waals surface area contributed by atoms with Gasteiger partial charge >= 0.3 is 17.1 Å². The molecule has 12 heavy (non-hydrogen) atoms. The predicted molar refractivity (Wildman–Crippen MR) is 21.2 cm³/mol. The Morgan fingerprint density at radius 1 is 0.667 bits per heavy atom. The van der Waals surface area contributed by atoms with Gasteiger partial charge in [0.15, 0.2) is 0 Å². The Kier molecular flexibility index (Phi) is 15.9. The van der Waals surface area contributed by atoms with Gasteiger partial charge < -0.3 is 44.6 Å². The zero-order valence-corrected chi connectivity index (χ0v) is 8.51. The number of phosphoric acid groups is 2. The Bertz CT molecular complexity index is 129. The summed E-state index contributed by atoms with van der Waals surface area (Å²) in [7, 11) is -10.8. The van der Waals surface area contributed by atoms with Crippen LogP contribution in [0.5, 0.6) is 0 Å². The van der Waals surface area contributed by atoms with Gasteiger partial charge in [-0.1, -0.05) is 0 Å². The van der Waals surface area contributed by atoms with Crippen LogP contribution in [0.15, 0.2) is 0 Å². The fraction of sp³-hybridized carbons (Fsp3) is 0. The summed E-state index contributed by atoms with van der Waals surface area (Å²) in [6, 6.07) is 0. The van der Waals surface area contributed by atoms with Crippen LogP contribution < -0.4 is 35.5 Å². The summed E-state index contributed by atoms with van der Waals surface area (Å²) in [5.41, 5.74) is 0. The third-order valence-electron chi connectivity index (χ3n) is 0. The molecule has 0 aliphatic rings. The van der Waals surface area contributed by atoms with Crippen molar-refractivity contribution < 1.29 is 55.6 Å². The molecule has 0 rings (SSSR count). The van der Waals surface area contributed by atoms with Gasteiger partial charge in [-0.2, -0.15) is 15.6 Å². The van der Waals surface area contributed by atoms with Gasteiger partial charge in [-0.15, -0.1) is 0 Å². The van der Waals surface area contributed by atoms with E-state index >= 15 is 0 Å². The quantitative estimate of drug-likeness (QED) is 0.328. The molecule has 0 aromatic rings. The maximum Gasteiger partial charge on any atom is 5.00 e. The van der Waals surface area contributed by atoms with E-state index in [-0.39, 0.29) is 23.2 Å². The average Bonchev–Trinajstić information content (AvgIpc) is 1.12. The van der Waals surface area contributed by atoms with E-state index in [1.807, 2.05) is 0 Å². The number of hydrogen-bond donors (Lipinski definition) is 1. The molecule has 0 bridgehead atoms. The van der Waals surface area contributed by atoms with Crippen LogP contribution in [-0.4, -0.2) is 0 Å². The van der Waals surface area contributed by atoms with Crippen molar-refractivity contribution in [3.8, 4) is 0 Å². The van der Waals surface area contributed by atoms with E-state index in [1.165, 1.54) is 0 Å². The van der Waals surface area contributed by atoms with Crippen LogP contribution in [0.3, 0.4) is 0 Å². The molecule has 0 amide bonds. The van der Waals surface area contributed by atoms with E-state index in [9.17, 15) is 0 Å². The molecule has 0 aliphatic carbocycles. The molecule has 0 aliphatic heterocycles. The number of rotatable bonds is 0. The van der Waals surface area contributed by atoms with Gasteiger partial charge in [0, 0.05) is 0 Å². The van der Waals surface area contributed by atoms with E-state index in [1.54, 1.807) is 0 Å². The molecule has 0 saturated heterocycles. The molecule has 0 atom stereocenters. The molecule has 0 unspecified atom stereocenters. The molecule has 0 aromatic carbocycles. The smallest absolute Gasteiger partial charge is 0.822 e. The van der Waals surface area contributed by atoms with Crippen molar-refractivity contribution in [3.05, 3.63) is 0 Å². The molecule has 4 N–H and O–H groups in total. The van der Waals surface area contributed by atoms with Crippen LogP contribution in [0, 0.1) is 0 Å². The van der Waals surface area contributed by atoms with Crippen LogP contribution in [0.2, 0.25) is 0 Å². The predicted octanol–water partition coefficient (Wildman–Crippen LogP) is -5.28. The Balaban J connectivity index is -0.0000000457. The zero-order chi connectivity index (χ0) is 9.00. The van der Waals surface area contributed by atoms with Crippen molar-refractivity contribution in [1.29, 1.82) is 0 Å². The summed E-state index contributed by atoms with van der Waals surface area (Å²) in [6.07, 6.45) is 0. The first-order valence-electron chi connectivity index (χ1n) is 1.46. The zero-order valence-electron chi connectivity index (χ0n) is 5.54. The summed E-state index contributed by atoms with van der Waals surface area (Å²) >= 11 is 0. The normalized spacial score (nSPS) is 9.83. The minimum absolute atomic E-state index is 0. The summed E-state index contributed by atoms with van der Waals surface area (Å²) in [5, 5.41) is 0. The van der Waals surface area contributed by atoms with E-state index in [2.05, 4.69) is 0 Å².